The van der Waals surface area contributed by atoms with Crippen LogP contribution in [-0.4, -0.2) is 88.5 Å². The molecular weight excluding hydrogens is 583 g/mol. The van der Waals surface area contributed by atoms with Crippen LogP contribution in [0, 0.1) is 0 Å². The minimum atomic E-state index is -3.16. The number of benzene rings is 1. The van der Waals surface area contributed by atoms with Crippen LogP contribution < -0.4 is 14.8 Å². The van der Waals surface area contributed by atoms with Crippen molar-refractivity contribution < 1.29 is 27.4 Å². The van der Waals surface area contributed by atoms with Crippen molar-refractivity contribution >= 4 is 17.2 Å². The Bertz CT molecular complexity index is 1780. The predicted octanol–water partition coefficient (Wildman–Crippen LogP) is 3.44. The van der Waals surface area contributed by atoms with E-state index in [1.165, 1.54) is 52.9 Å². The Balaban J connectivity index is 1.35. The number of amides is 1. The topological polar surface area (TPSA) is 142 Å². The largest absolute Gasteiger partial charge is 0.461 e. The summed E-state index contributed by atoms with van der Waals surface area (Å²) in [7, 11) is 4.05. The maximum absolute atomic E-state index is 13.7. The molecule has 1 aliphatic rings. The van der Waals surface area contributed by atoms with Gasteiger partial charge in [0.25, 0.3) is 5.91 Å². The Morgan fingerprint density at radius 2 is 2.00 bits per heavy atom. The van der Waals surface area contributed by atoms with Gasteiger partial charge in [-0.15, -0.1) is 10.2 Å². The molecule has 0 aliphatic heterocycles. The molecule has 1 unspecified atom stereocenters. The van der Waals surface area contributed by atoms with Crippen LogP contribution in [0.25, 0.3) is 16.9 Å². The summed E-state index contributed by atoms with van der Waals surface area (Å²) >= 11 is 0. The zero-order chi connectivity index (χ0) is 31.0. The number of rotatable bonds is 11. The average Bonchev–Trinajstić information content (AvgIpc) is 3.67. The monoisotopic (exact) mass is 611 g/mol. The number of nitrogens with one attached hydrogen (secondary N) is 1. The van der Waals surface area contributed by atoms with E-state index in [2.05, 4.69) is 40.8 Å². The Morgan fingerprint density at radius 3 is 2.75 bits per heavy atom. The van der Waals surface area contributed by atoms with E-state index >= 15 is 0 Å². The van der Waals surface area contributed by atoms with Gasteiger partial charge in [-0.3, -0.25) is 9.48 Å². The molecule has 6 rings (SSSR count). The molecule has 1 aromatic carbocycles. The quantitative estimate of drug-likeness (QED) is 0.236. The fourth-order valence-electron chi connectivity index (χ4n) is 4.91. The first-order chi connectivity index (χ1) is 21.1. The van der Waals surface area contributed by atoms with E-state index in [1.807, 2.05) is 14.1 Å². The highest BCUT2D eigenvalue weighted by molar-refractivity contribution is 6.09. The minimum Gasteiger partial charge on any atom is -0.461 e. The highest BCUT2D eigenvalue weighted by atomic mass is 19.3. The van der Waals surface area contributed by atoms with Gasteiger partial charge in [0.05, 0.1) is 23.5 Å². The van der Waals surface area contributed by atoms with Crippen molar-refractivity contribution in [3.63, 3.8) is 0 Å². The van der Waals surface area contributed by atoms with E-state index in [9.17, 15) is 18.0 Å². The summed E-state index contributed by atoms with van der Waals surface area (Å²) in [5.41, 5.74) is 0.682. The number of carbonyl (C=O) groups is 1. The van der Waals surface area contributed by atoms with Crippen molar-refractivity contribution in [1.82, 2.24) is 49.5 Å². The zero-order valence-corrected chi connectivity index (χ0v) is 23.9. The number of fused-ring (bicyclic) bond motifs is 1. The fourth-order valence-corrected chi connectivity index (χ4v) is 4.91. The Hall–Kier alpha value is -5.06. The van der Waals surface area contributed by atoms with Gasteiger partial charge in [-0.05, 0) is 56.4 Å². The third-order valence-corrected chi connectivity index (χ3v) is 7.17. The molecule has 1 saturated carbocycles. The normalized spacial score (nSPS) is 17.2. The molecule has 5 aromatic rings. The standard InChI is InChI=1S/C27H28F3N11O3/c1-15(28)43-18-5-6-22(44-27(29)30)19(11-18)24-21(33-26(42)20-12-32-40-8-4-7-31-25(20)40)13-39(36-24)14-23-34-37-41(35-23)17-9-16(10-17)38(2)3/h4-8,11-13,15-17,27H,9-10,14H2,1-3H3,(H,33,42)/t15?,16-,17+. The molecule has 230 valence electrons. The van der Waals surface area contributed by atoms with E-state index in [-0.39, 0.29) is 46.6 Å². The van der Waals surface area contributed by atoms with Crippen LogP contribution in [0.4, 0.5) is 18.9 Å². The summed E-state index contributed by atoms with van der Waals surface area (Å²) in [6.45, 7) is -1.94. The molecular formula is C27H28F3N11O3. The third-order valence-electron chi connectivity index (χ3n) is 7.17. The van der Waals surface area contributed by atoms with Crippen LogP contribution in [0.5, 0.6) is 11.5 Å². The number of halogens is 3. The second-order valence-corrected chi connectivity index (χ2v) is 10.5. The molecule has 1 atom stereocenters. The number of aromatic nitrogens is 9. The fraction of sp³-hybridized carbons (Fsp3) is 0.370. The van der Waals surface area contributed by atoms with Crippen LogP contribution in [-0.2, 0) is 6.54 Å². The third kappa shape index (κ3) is 6.03. The van der Waals surface area contributed by atoms with E-state index in [0.29, 0.717) is 17.5 Å². The summed E-state index contributed by atoms with van der Waals surface area (Å²) in [6.07, 6.45) is 6.12. The summed E-state index contributed by atoms with van der Waals surface area (Å²) in [5, 5.41) is 24.3. The van der Waals surface area contributed by atoms with Crippen molar-refractivity contribution in [2.24, 2.45) is 0 Å². The number of ether oxygens (including phenoxy) is 2. The van der Waals surface area contributed by atoms with Gasteiger partial charge in [0, 0.05) is 31.6 Å². The minimum absolute atomic E-state index is 0.0243. The summed E-state index contributed by atoms with van der Waals surface area (Å²) in [4.78, 5) is 21.3. The molecule has 1 fully saturated rings. The van der Waals surface area contributed by atoms with Crippen molar-refractivity contribution in [3.8, 4) is 22.8 Å². The van der Waals surface area contributed by atoms with Gasteiger partial charge in [-0.2, -0.15) is 23.8 Å². The average molecular weight is 612 g/mol. The number of hydrogen-bond donors (Lipinski definition) is 1. The van der Waals surface area contributed by atoms with Gasteiger partial charge in [0.15, 0.2) is 11.5 Å². The highest BCUT2D eigenvalue weighted by Gasteiger charge is 2.33. The molecule has 1 amide bonds. The van der Waals surface area contributed by atoms with Crippen molar-refractivity contribution in [3.05, 3.63) is 60.4 Å². The van der Waals surface area contributed by atoms with Crippen molar-refractivity contribution in [2.75, 3.05) is 19.4 Å². The van der Waals surface area contributed by atoms with Crippen LogP contribution in [0.2, 0.25) is 0 Å². The maximum Gasteiger partial charge on any atom is 0.387 e. The number of carbonyl (C=O) groups excluding carboxylic acids is 1. The first-order valence-corrected chi connectivity index (χ1v) is 13.7. The first-order valence-electron chi connectivity index (χ1n) is 13.7. The number of hydrogen-bond acceptors (Lipinski definition) is 10. The van der Waals surface area contributed by atoms with Crippen LogP contribution in [0.15, 0.2) is 49.1 Å². The lowest BCUT2D eigenvalue weighted by Crippen LogP contribution is -2.42. The summed E-state index contributed by atoms with van der Waals surface area (Å²) < 4.78 is 53.2. The van der Waals surface area contributed by atoms with Gasteiger partial charge in [0.1, 0.15) is 29.3 Å². The lowest BCUT2D eigenvalue weighted by Gasteiger charge is -2.38. The molecule has 0 saturated heterocycles. The Kier molecular flexibility index (Phi) is 7.86. The number of nitrogens with zero attached hydrogens (tertiary/aromatic N) is 10. The molecule has 14 nitrogen and oxygen atoms in total. The number of tetrazole rings is 1. The van der Waals surface area contributed by atoms with Crippen LogP contribution in [0.1, 0.15) is 42.0 Å². The predicted molar refractivity (Wildman–Crippen MR) is 149 cm³/mol. The summed E-state index contributed by atoms with van der Waals surface area (Å²) in [5.74, 6) is -0.451. The molecule has 17 heteroatoms. The lowest BCUT2D eigenvalue weighted by atomic mass is 9.86. The Morgan fingerprint density at radius 1 is 1.18 bits per heavy atom. The molecule has 4 aromatic heterocycles. The van der Waals surface area contributed by atoms with Crippen molar-refractivity contribution in [1.29, 1.82) is 0 Å². The lowest BCUT2D eigenvalue weighted by molar-refractivity contribution is -0.0495. The first kappa shape index (κ1) is 29.0. The maximum atomic E-state index is 13.7. The molecule has 4 heterocycles. The molecule has 0 spiro atoms. The van der Waals surface area contributed by atoms with E-state index in [1.54, 1.807) is 17.1 Å². The smallest absolute Gasteiger partial charge is 0.387 e. The zero-order valence-electron chi connectivity index (χ0n) is 23.9. The molecule has 0 radical (unpaired) electrons. The van der Waals surface area contributed by atoms with Crippen LogP contribution >= 0.6 is 0 Å². The second-order valence-electron chi connectivity index (χ2n) is 10.5. The van der Waals surface area contributed by atoms with Crippen LogP contribution in [0.3, 0.4) is 0 Å². The van der Waals surface area contributed by atoms with E-state index in [0.717, 1.165) is 12.8 Å². The molecule has 1 aliphatic carbocycles. The number of alkyl halides is 3. The summed E-state index contributed by atoms with van der Waals surface area (Å²) in [6, 6.07) is 6.05. The second kappa shape index (κ2) is 11.9. The Labute approximate surface area is 248 Å². The van der Waals surface area contributed by atoms with Gasteiger partial charge >= 0.3 is 6.61 Å². The number of anilines is 1. The highest BCUT2D eigenvalue weighted by Crippen LogP contribution is 2.38. The van der Waals surface area contributed by atoms with Gasteiger partial charge in [0.2, 0.25) is 6.36 Å². The van der Waals surface area contributed by atoms with Gasteiger partial charge in [-0.1, -0.05) is 0 Å². The molecule has 44 heavy (non-hydrogen) atoms. The van der Waals surface area contributed by atoms with Gasteiger partial charge < -0.3 is 19.7 Å². The van der Waals surface area contributed by atoms with E-state index < -0.39 is 18.9 Å². The van der Waals surface area contributed by atoms with Crippen molar-refractivity contribution in [2.45, 2.75) is 51.4 Å². The SMILES string of the molecule is CC(F)Oc1ccc(OC(F)F)c(-c2nn(Cc3nnn([C@H]4C[C@@H](N(C)C)C4)n3)cc2NC(=O)c2cnn3cccnc23)c1. The molecule has 1 N–H and O–H groups in total. The van der Waals surface area contributed by atoms with E-state index in [4.69, 9.17) is 9.47 Å². The molecule has 0 bridgehead atoms. The van der Waals surface area contributed by atoms with Gasteiger partial charge in [-0.25, -0.2) is 13.9 Å².